The minimum Gasteiger partial charge on any atom is -0.497 e. The highest BCUT2D eigenvalue weighted by Crippen LogP contribution is 2.27. The van der Waals surface area contributed by atoms with E-state index in [0.29, 0.717) is 17.1 Å². The van der Waals surface area contributed by atoms with Gasteiger partial charge in [0, 0.05) is 12.6 Å². The average molecular weight is 286 g/mol. The number of ether oxygens (including phenoxy) is 2. The smallest absolute Gasteiger partial charge is 0.136 e. The van der Waals surface area contributed by atoms with E-state index in [1.807, 2.05) is 6.07 Å². The normalized spacial score (nSPS) is 11.5. The molecule has 1 unspecified atom stereocenters. The molecular weight excluding hydrogens is 271 g/mol. The summed E-state index contributed by atoms with van der Waals surface area (Å²) in [5.74, 6) is 0.687. The monoisotopic (exact) mass is 286 g/mol. The summed E-state index contributed by atoms with van der Waals surface area (Å²) >= 11 is 0. The second-order valence-electron chi connectivity index (χ2n) is 4.40. The molecule has 0 fully saturated rings. The molecule has 4 nitrogen and oxygen atoms in total. The van der Waals surface area contributed by atoms with Crippen molar-refractivity contribution in [2.45, 2.75) is 6.10 Å². The Balaban J connectivity index is 2.26. The molecule has 21 heavy (non-hydrogen) atoms. The highest BCUT2D eigenvalue weighted by Gasteiger charge is 2.13. The third-order valence-electron chi connectivity index (χ3n) is 2.98. The first-order chi connectivity index (χ1) is 10.2. The third kappa shape index (κ3) is 3.71. The predicted octanol–water partition coefficient (Wildman–Crippen LogP) is 2.78. The lowest BCUT2D eigenvalue weighted by molar-refractivity contribution is 0.213. The fourth-order valence-corrected chi connectivity index (χ4v) is 1.92. The summed E-state index contributed by atoms with van der Waals surface area (Å²) in [7, 11) is 1.51. The molecule has 0 aliphatic rings. The molecule has 0 radical (unpaired) electrons. The standard InChI is InChI=1S/C16H15FN2O2/c1-20-14-6-11(9-18)7-15(8-14)21-16(10-19)12-2-4-13(17)5-3-12/h2-8,16H,10,19H2,1H3. The lowest BCUT2D eigenvalue weighted by Gasteiger charge is -2.18. The van der Waals surface area contributed by atoms with Crippen molar-refractivity contribution >= 4 is 0 Å². The van der Waals surface area contributed by atoms with Gasteiger partial charge in [-0.15, -0.1) is 0 Å². The summed E-state index contributed by atoms with van der Waals surface area (Å²) in [5.41, 5.74) is 6.91. The largest absolute Gasteiger partial charge is 0.497 e. The fraction of sp³-hybridized carbons (Fsp3) is 0.188. The Hall–Kier alpha value is -2.58. The van der Waals surface area contributed by atoms with Crippen LogP contribution in [-0.2, 0) is 0 Å². The van der Waals surface area contributed by atoms with Crippen molar-refractivity contribution in [3.63, 3.8) is 0 Å². The third-order valence-corrected chi connectivity index (χ3v) is 2.98. The maximum absolute atomic E-state index is 13.0. The van der Waals surface area contributed by atoms with Crippen molar-refractivity contribution in [1.82, 2.24) is 0 Å². The zero-order valence-corrected chi connectivity index (χ0v) is 11.5. The Morgan fingerprint density at radius 2 is 1.86 bits per heavy atom. The molecule has 2 aromatic rings. The van der Waals surface area contributed by atoms with E-state index >= 15 is 0 Å². The molecule has 1 atom stereocenters. The summed E-state index contributed by atoms with van der Waals surface area (Å²) in [6, 6.07) is 12.9. The molecule has 0 aromatic heterocycles. The minimum absolute atomic E-state index is 0.227. The summed E-state index contributed by atoms with van der Waals surface area (Å²) in [4.78, 5) is 0. The molecule has 0 saturated carbocycles. The molecule has 0 amide bonds. The molecule has 0 bridgehead atoms. The molecule has 0 aliphatic heterocycles. The molecule has 108 valence electrons. The second kappa shape index (κ2) is 6.73. The van der Waals surface area contributed by atoms with Crippen molar-refractivity contribution in [3.05, 3.63) is 59.4 Å². The lowest BCUT2D eigenvalue weighted by atomic mass is 10.1. The number of halogens is 1. The Labute approximate surface area is 122 Å². The molecule has 2 N–H and O–H groups in total. The van der Waals surface area contributed by atoms with Crippen molar-refractivity contribution in [2.24, 2.45) is 5.73 Å². The van der Waals surface area contributed by atoms with E-state index in [1.54, 1.807) is 30.3 Å². The molecule has 2 aromatic carbocycles. The molecular formula is C16H15FN2O2. The minimum atomic E-state index is -0.427. The first-order valence-electron chi connectivity index (χ1n) is 6.37. The van der Waals surface area contributed by atoms with Gasteiger partial charge in [-0.1, -0.05) is 12.1 Å². The van der Waals surface area contributed by atoms with Crippen LogP contribution in [0.3, 0.4) is 0 Å². The molecule has 2 rings (SSSR count). The second-order valence-corrected chi connectivity index (χ2v) is 4.40. The predicted molar refractivity (Wildman–Crippen MR) is 76.5 cm³/mol. The quantitative estimate of drug-likeness (QED) is 0.917. The van der Waals surface area contributed by atoms with E-state index in [9.17, 15) is 4.39 Å². The van der Waals surface area contributed by atoms with Crippen LogP contribution in [0.2, 0.25) is 0 Å². The van der Waals surface area contributed by atoms with Crippen LogP contribution in [0, 0.1) is 17.1 Å². The molecule has 0 aliphatic carbocycles. The summed E-state index contributed by atoms with van der Waals surface area (Å²) < 4.78 is 23.9. The zero-order chi connectivity index (χ0) is 15.2. The van der Waals surface area contributed by atoms with Crippen LogP contribution in [0.1, 0.15) is 17.2 Å². The number of hydrogen-bond acceptors (Lipinski definition) is 4. The van der Waals surface area contributed by atoms with Crippen LogP contribution in [0.4, 0.5) is 4.39 Å². The SMILES string of the molecule is COc1cc(C#N)cc(OC(CN)c2ccc(F)cc2)c1. The number of hydrogen-bond donors (Lipinski definition) is 1. The fourth-order valence-electron chi connectivity index (χ4n) is 1.92. The van der Waals surface area contributed by atoms with E-state index in [1.165, 1.54) is 19.2 Å². The van der Waals surface area contributed by atoms with Gasteiger partial charge in [-0.05, 0) is 29.8 Å². The van der Waals surface area contributed by atoms with Gasteiger partial charge in [0.25, 0.3) is 0 Å². The highest BCUT2D eigenvalue weighted by atomic mass is 19.1. The van der Waals surface area contributed by atoms with Gasteiger partial charge in [0.05, 0.1) is 18.7 Å². The van der Waals surface area contributed by atoms with E-state index in [4.69, 9.17) is 20.5 Å². The number of nitriles is 1. The molecule has 5 heteroatoms. The van der Waals surface area contributed by atoms with Gasteiger partial charge in [0.1, 0.15) is 23.4 Å². The van der Waals surface area contributed by atoms with Gasteiger partial charge in [-0.2, -0.15) is 5.26 Å². The Morgan fingerprint density at radius 1 is 1.19 bits per heavy atom. The van der Waals surface area contributed by atoms with E-state index in [-0.39, 0.29) is 12.4 Å². The number of benzene rings is 2. The number of nitrogens with zero attached hydrogens (tertiary/aromatic N) is 1. The lowest BCUT2D eigenvalue weighted by Crippen LogP contribution is -2.18. The number of rotatable bonds is 5. The summed E-state index contributed by atoms with van der Waals surface area (Å²) in [6.45, 7) is 0.227. The van der Waals surface area contributed by atoms with Gasteiger partial charge >= 0.3 is 0 Å². The number of nitrogens with two attached hydrogens (primary N) is 1. The van der Waals surface area contributed by atoms with E-state index in [2.05, 4.69) is 0 Å². The average Bonchev–Trinajstić information content (AvgIpc) is 2.53. The first-order valence-corrected chi connectivity index (χ1v) is 6.37. The van der Waals surface area contributed by atoms with Crippen molar-refractivity contribution in [2.75, 3.05) is 13.7 Å². The zero-order valence-electron chi connectivity index (χ0n) is 11.5. The molecule has 0 saturated heterocycles. The Morgan fingerprint density at radius 3 is 2.43 bits per heavy atom. The van der Waals surface area contributed by atoms with Crippen LogP contribution in [0.25, 0.3) is 0 Å². The van der Waals surface area contributed by atoms with Crippen molar-refractivity contribution < 1.29 is 13.9 Å². The van der Waals surface area contributed by atoms with Gasteiger partial charge in [-0.3, -0.25) is 0 Å². The maximum Gasteiger partial charge on any atom is 0.136 e. The Bertz CT molecular complexity index is 650. The van der Waals surface area contributed by atoms with Crippen LogP contribution in [0.5, 0.6) is 11.5 Å². The topological polar surface area (TPSA) is 68.3 Å². The van der Waals surface area contributed by atoms with Gasteiger partial charge in [0.2, 0.25) is 0 Å². The van der Waals surface area contributed by atoms with Crippen LogP contribution in [0.15, 0.2) is 42.5 Å². The first kappa shape index (κ1) is 14.8. The van der Waals surface area contributed by atoms with Gasteiger partial charge in [0.15, 0.2) is 0 Å². The van der Waals surface area contributed by atoms with Gasteiger partial charge < -0.3 is 15.2 Å². The molecule has 0 heterocycles. The highest BCUT2D eigenvalue weighted by molar-refractivity contribution is 5.44. The number of methoxy groups -OCH3 is 1. The van der Waals surface area contributed by atoms with Crippen LogP contribution < -0.4 is 15.2 Å². The van der Waals surface area contributed by atoms with Crippen molar-refractivity contribution in [3.8, 4) is 17.6 Å². The van der Waals surface area contributed by atoms with E-state index in [0.717, 1.165) is 5.56 Å². The van der Waals surface area contributed by atoms with E-state index < -0.39 is 6.10 Å². The van der Waals surface area contributed by atoms with Crippen LogP contribution in [-0.4, -0.2) is 13.7 Å². The summed E-state index contributed by atoms with van der Waals surface area (Å²) in [5, 5.41) is 8.99. The maximum atomic E-state index is 13.0. The Kier molecular flexibility index (Phi) is 4.75. The van der Waals surface area contributed by atoms with Crippen LogP contribution >= 0.6 is 0 Å². The van der Waals surface area contributed by atoms with Crippen molar-refractivity contribution in [1.29, 1.82) is 5.26 Å². The molecule has 0 spiro atoms. The summed E-state index contributed by atoms with van der Waals surface area (Å²) in [6.07, 6.45) is -0.427. The van der Waals surface area contributed by atoms with Gasteiger partial charge in [-0.25, -0.2) is 4.39 Å².